The highest BCUT2D eigenvalue weighted by Crippen LogP contribution is 2.10. The van der Waals surface area contributed by atoms with Crippen LogP contribution in [0.5, 0.6) is 0 Å². The number of halogens is 1. The Labute approximate surface area is 157 Å². The minimum atomic E-state index is -0.471. The van der Waals surface area contributed by atoms with E-state index < -0.39 is 11.7 Å². The molecule has 0 fully saturated rings. The zero-order chi connectivity index (χ0) is 19.1. The fourth-order valence-corrected chi connectivity index (χ4v) is 2.43. The first kappa shape index (κ1) is 18.3. The van der Waals surface area contributed by atoms with Gasteiger partial charge in [0.25, 0.3) is 5.91 Å². The van der Waals surface area contributed by atoms with E-state index in [1.807, 2.05) is 49.4 Å². The van der Waals surface area contributed by atoms with Gasteiger partial charge in [-0.3, -0.25) is 15.1 Å². The number of nitrogens with zero attached hydrogens (tertiary/aromatic N) is 2. The minimum Gasteiger partial charge on any atom is -0.326 e. The van der Waals surface area contributed by atoms with Gasteiger partial charge >= 0.3 is 0 Å². The van der Waals surface area contributed by atoms with Crippen LogP contribution in [-0.2, 0) is 6.54 Å². The lowest BCUT2D eigenvalue weighted by molar-refractivity contribution is 0.0976. The van der Waals surface area contributed by atoms with Gasteiger partial charge in [-0.25, -0.2) is 9.38 Å². The maximum atomic E-state index is 13.4. The number of benzene rings is 2. The van der Waals surface area contributed by atoms with Gasteiger partial charge in [0.1, 0.15) is 5.82 Å². The number of anilines is 1. The van der Waals surface area contributed by atoms with Crippen LogP contribution in [0.3, 0.4) is 0 Å². The van der Waals surface area contributed by atoms with Crippen LogP contribution >= 0.6 is 0 Å². The first-order valence-electron chi connectivity index (χ1n) is 8.45. The minimum absolute atomic E-state index is 0.214. The molecule has 3 rings (SSSR count). The zero-order valence-corrected chi connectivity index (χ0v) is 14.8. The summed E-state index contributed by atoms with van der Waals surface area (Å²) in [7, 11) is 0. The van der Waals surface area contributed by atoms with E-state index in [2.05, 4.69) is 20.6 Å². The van der Waals surface area contributed by atoms with Crippen molar-refractivity contribution in [1.82, 2.24) is 10.3 Å². The summed E-state index contributed by atoms with van der Waals surface area (Å²) in [4.78, 5) is 21.1. The number of pyridine rings is 1. The van der Waals surface area contributed by atoms with Crippen LogP contribution in [0.25, 0.3) is 0 Å². The molecule has 0 saturated carbocycles. The third-order valence-electron chi connectivity index (χ3n) is 3.72. The molecule has 136 valence electrons. The molecular weight excluding hydrogens is 343 g/mol. The first-order chi connectivity index (χ1) is 13.1. The van der Waals surface area contributed by atoms with Crippen LogP contribution in [0.15, 0.2) is 77.9 Å². The number of rotatable bonds is 4. The Morgan fingerprint density at radius 1 is 1.07 bits per heavy atom. The number of amides is 1. The Balaban J connectivity index is 1.81. The van der Waals surface area contributed by atoms with Crippen molar-refractivity contribution in [1.29, 1.82) is 0 Å². The Kier molecular flexibility index (Phi) is 5.89. The smallest absolute Gasteiger partial charge is 0.258 e. The molecule has 1 heterocycles. The molecule has 0 saturated heterocycles. The van der Waals surface area contributed by atoms with Gasteiger partial charge in [0.2, 0.25) is 5.96 Å². The van der Waals surface area contributed by atoms with Crippen molar-refractivity contribution in [3.05, 3.63) is 95.6 Å². The molecule has 5 nitrogen and oxygen atoms in total. The van der Waals surface area contributed by atoms with Crippen molar-refractivity contribution in [2.45, 2.75) is 13.5 Å². The van der Waals surface area contributed by atoms with E-state index in [1.165, 1.54) is 18.2 Å². The summed E-state index contributed by atoms with van der Waals surface area (Å²) in [6, 6.07) is 18.7. The lowest BCUT2D eigenvalue weighted by Gasteiger charge is -2.12. The van der Waals surface area contributed by atoms with Crippen LogP contribution in [0.2, 0.25) is 0 Å². The largest absolute Gasteiger partial charge is 0.326 e. The first-order valence-corrected chi connectivity index (χ1v) is 8.45. The summed E-state index contributed by atoms with van der Waals surface area (Å²) in [5.41, 5.74) is 2.84. The number of carbonyl (C=O) groups is 1. The van der Waals surface area contributed by atoms with E-state index in [-0.39, 0.29) is 11.5 Å². The van der Waals surface area contributed by atoms with Crippen LogP contribution < -0.4 is 10.6 Å². The van der Waals surface area contributed by atoms with E-state index in [1.54, 1.807) is 12.3 Å². The van der Waals surface area contributed by atoms with Gasteiger partial charge in [-0.1, -0.05) is 24.3 Å². The summed E-state index contributed by atoms with van der Waals surface area (Å²) in [6.07, 6.45) is 1.68. The summed E-state index contributed by atoms with van der Waals surface area (Å²) >= 11 is 0. The van der Waals surface area contributed by atoms with Gasteiger partial charge in [-0.15, -0.1) is 0 Å². The predicted molar refractivity (Wildman–Crippen MR) is 104 cm³/mol. The maximum absolute atomic E-state index is 13.4. The number of hydrogen-bond donors (Lipinski definition) is 2. The number of guanidine groups is 1. The van der Waals surface area contributed by atoms with E-state index in [4.69, 9.17) is 0 Å². The molecule has 0 bridgehead atoms. The van der Waals surface area contributed by atoms with Crippen molar-refractivity contribution in [2.75, 3.05) is 5.32 Å². The predicted octanol–water partition coefficient (Wildman–Crippen LogP) is 3.93. The van der Waals surface area contributed by atoms with Gasteiger partial charge in [-0.2, -0.15) is 0 Å². The third kappa shape index (κ3) is 5.47. The van der Waals surface area contributed by atoms with E-state index in [0.717, 1.165) is 16.9 Å². The molecule has 2 N–H and O–H groups in total. The van der Waals surface area contributed by atoms with E-state index >= 15 is 0 Å². The molecule has 0 spiro atoms. The fraction of sp³-hybridized carbons (Fsp3) is 0.0952. The van der Waals surface area contributed by atoms with Crippen LogP contribution in [0, 0.1) is 12.7 Å². The average molecular weight is 362 g/mol. The normalized spacial score (nSPS) is 11.1. The molecule has 1 aromatic heterocycles. The number of nitrogens with one attached hydrogen (secondary N) is 2. The summed E-state index contributed by atoms with van der Waals surface area (Å²) in [5.74, 6) is -0.656. The molecule has 0 aliphatic rings. The highest BCUT2D eigenvalue weighted by molar-refractivity contribution is 6.09. The number of aryl methyl sites for hydroxylation is 1. The third-order valence-corrected chi connectivity index (χ3v) is 3.72. The van der Waals surface area contributed by atoms with Crippen molar-refractivity contribution in [3.8, 4) is 0 Å². The molecule has 0 unspecified atom stereocenters. The fourth-order valence-electron chi connectivity index (χ4n) is 2.43. The molecule has 0 atom stereocenters. The second-order valence-corrected chi connectivity index (χ2v) is 5.94. The van der Waals surface area contributed by atoms with Crippen LogP contribution in [-0.4, -0.2) is 16.9 Å². The molecule has 3 aromatic rings. The summed E-state index contributed by atoms with van der Waals surface area (Å²) in [5, 5.41) is 5.81. The lowest BCUT2D eigenvalue weighted by Crippen LogP contribution is -2.36. The Hall–Kier alpha value is -3.54. The standard InChI is InChI=1S/C21H19FN4O/c1-15-6-4-10-18(12-15)25-21(24-14-19-9-2-3-11-23-19)26-20(27)16-7-5-8-17(22)13-16/h2-13H,14H2,1H3,(H2,24,25,26,27). The topological polar surface area (TPSA) is 66.4 Å². The van der Waals surface area contributed by atoms with Crippen LogP contribution in [0.1, 0.15) is 21.6 Å². The molecule has 2 aromatic carbocycles. The van der Waals surface area contributed by atoms with Gasteiger partial charge in [-0.05, 0) is 55.0 Å². The molecule has 0 aliphatic carbocycles. The van der Waals surface area contributed by atoms with Gasteiger partial charge in [0.15, 0.2) is 0 Å². The Morgan fingerprint density at radius 3 is 2.67 bits per heavy atom. The second-order valence-electron chi connectivity index (χ2n) is 5.94. The SMILES string of the molecule is Cc1cccc(NC(=NCc2ccccn2)NC(=O)c2cccc(F)c2)c1. The number of hydrogen-bond acceptors (Lipinski definition) is 3. The van der Waals surface area contributed by atoms with Gasteiger partial charge in [0.05, 0.1) is 12.2 Å². The number of aliphatic imine (C=N–C) groups is 1. The van der Waals surface area contributed by atoms with Crippen molar-refractivity contribution in [2.24, 2.45) is 4.99 Å². The molecule has 0 radical (unpaired) electrons. The number of aromatic nitrogens is 1. The van der Waals surface area contributed by atoms with E-state index in [9.17, 15) is 9.18 Å². The molecule has 0 aliphatic heterocycles. The molecule has 6 heteroatoms. The zero-order valence-electron chi connectivity index (χ0n) is 14.8. The van der Waals surface area contributed by atoms with E-state index in [0.29, 0.717) is 6.54 Å². The van der Waals surface area contributed by atoms with Crippen molar-refractivity contribution in [3.63, 3.8) is 0 Å². The Bertz CT molecular complexity index is 957. The van der Waals surface area contributed by atoms with Crippen LogP contribution in [0.4, 0.5) is 10.1 Å². The van der Waals surface area contributed by atoms with Gasteiger partial charge in [0, 0.05) is 17.4 Å². The second kappa shape index (κ2) is 8.71. The maximum Gasteiger partial charge on any atom is 0.258 e. The highest BCUT2D eigenvalue weighted by atomic mass is 19.1. The molecule has 1 amide bonds. The van der Waals surface area contributed by atoms with Crippen molar-refractivity contribution < 1.29 is 9.18 Å². The summed E-state index contributed by atoms with van der Waals surface area (Å²) < 4.78 is 13.4. The van der Waals surface area contributed by atoms with Gasteiger partial charge < -0.3 is 5.32 Å². The molecule has 27 heavy (non-hydrogen) atoms. The molecular formula is C21H19FN4O. The average Bonchev–Trinajstić information content (AvgIpc) is 2.67. The quantitative estimate of drug-likeness (QED) is 0.546. The summed E-state index contributed by atoms with van der Waals surface area (Å²) in [6.45, 7) is 2.26. The lowest BCUT2D eigenvalue weighted by atomic mass is 10.2. The highest BCUT2D eigenvalue weighted by Gasteiger charge is 2.10. The monoisotopic (exact) mass is 362 g/mol. The Morgan fingerprint density at radius 2 is 1.93 bits per heavy atom. The number of carbonyl (C=O) groups excluding carboxylic acids is 1. The van der Waals surface area contributed by atoms with Crippen molar-refractivity contribution >= 4 is 17.6 Å².